The van der Waals surface area contributed by atoms with E-state index in [1.54, 1.807) is 0 Å². The third-order valence-electron chi connectivity index (χ3n) is 7.02. The number of likely N-dealkylation sites (N-methyl/N-ethyl adjacent to an activating group) is 2. The van der Waals surface area contributed by atoms with Crippen LogP contribution in [-0.4, -0.2) is 85.2 Å². The van der Waals surface area contributed by atoms with Gasteiger partial charge >= 0.3 is 6.09 Å². The molecule has 6 nitrogen and oxygen atoms in total. The maximum atomic E-state index is 12.5. The summed E-state index contributed by atoms with van der Waals surface area (Å²) in [6.45, 7) is 4.90. The van der Waals surface area contributed by atoms with Gasteiger partial charge in [0.25, 0.3) is 0 Å². The van der Waals surface area contributed by atoms with Gasteiger partial charge in [-0.2, -0.15) is 0 Å². The fourth-order valence-electron chi connectivity index (χ4n) is 5.44. The van der Waals surface area contributed by atoms with Crippen LogP contribution in [-0.2, 0) is 11.2 Å². The van der Waals surface area contributed by atoms with E-state index in [0.717, 1.165) is 45.6 Å². The normalized spacial score (nSPS) is 28.4. The van der Waals surface area contributed by atoms with Crippen molar-refractivity contribution in [2.75, 3.05) is 53.4 Å². The molecule has 1 N–H and O–H groups in total. The number of benzene rings is 1. The number of rotatable bonds is 2. The van der Waals surface area contributed by atoms with Crippen molar-refractivity contribution in [2.45, 2.75) is 24.8 Å². The highest BCUT2D eigenvalue weighted by molar-refractivity contribution is 5.88. The van der Waals surface area contributed by atoms with Gasteiger partial charge in [-0.1, -0.05) is 12.1 Å². The molecule has 0 spiro atoms. The molecule has 0 radical (unpaired) electrons. The zero-order valence-corrected chi connectivity index (χ0v) is 16.9. The Labute approximate surface area is 166 Å². The van der Waals surface area contributed by atoms with Gasteiger partial charge in [0.15, 0.2) is 0 Å². The number of hydrogen-bond acceptors (Lipinski definition) is 4. The Hall–Kier alpha value is -2.05. The number of amides is 1. The van der Waals surface area contributed by atoms with Crippen molar-refractivity contribution in [1.82, 2.24) is 19.7 Å². The molecular formula is C22H30N4O2. The van der Waals surface area contributed by atoms with E-state index in [1.807, 2.05) is 4.90 Å². The number of likely N-dealkylation sites (tertiary alicyclic amines) is 1. The van der Waals surface area contributed by atoms with E-state index in [-0.39, 0.29) is 6.09 Å². The molecule has 0 saturated carbocycles. The Balaban J connectivity index is 1.27. The summed E-state index contributed by atoms with van der Waals surface area (Å²) in [5, 5.41) is 1.42. The smallest absolute Gasteiger partial charge is 0.409 e. The summed E-state index contributed by atoms with van der Waals surface area (Å²) in [6, 6.07) is 7.17. The maximum absolute atomic E-state index is 12.5. The second-order valence-corrected chi connectivity index (χ2v) is 8.87. The van der Waals surface area contributed by atoms with E-state index in [9.17, 15) is 4.79 Å². The molecule has 150 valence electrons. The van der Waals surface area contributed by atoms with E-state index in [0.29, 0.717) is 24.5 Å². The maximum Gasteiger partial charge on any atom is 0.409 e. The van der Waals surface area contributed by atoms with Crippen molar-refractivity contribution in [3.63, 3.8) is 0 Å². The van der Waals surface area contributed by atoms with E-state index in [2.05, 4.69) is 53.3 Å². The van der Waals surface area contributed by atoms with E-state index >= 15 is 0 Å². The van der Waals surface area contributed by atoms with Crippen molar-refractivity contribution in [3.8, 4) is 0 Å². The quantitative estimate of drug-likeness (QED) is 0.867. The second kappa shape index (κ2) is 7.08. The van der Waals surface area contributed by atoms with Crippen LogP contribution in [0.4, 0.5) is 4.79 Å². The standard InChI is InChI=1S/C22H30N4O2/c1-24-6-8-26(9-7-24)22(27)28-14-15-10-18-17-4-3-5-19-21(17)16(12-23-19)11-20(18)25(2)13-15/h3-5,12,15,18,20,23H,6-11,13-14H2,1-2H3/t15-,18?,20-/m1/s1. The number of carbonyl (C=O) groups is 1. The third kappa shape index (κ3) is 3.08. The van der Waals surface area contributed by atoms with Gasteiger partial charge in [-0.3, -0.25) is 0 Å². The minimum Gasteiger partial charge on any atom is -0.449 e. The summed E-state index contributed by atoms with van der Waals surface area (Å²) in [7, 11) is 4.32. The van der Waals surface area contributed by atoms with Crippen LogP contribution in [0.5, 0.6) is 0 Å². The topological polar surface area (TPSA) is 51.8 Å². The van der Waals surface area contributed by atoms with E-state index < -0.39 is 0 Å². The number of hydrogen-bond donors (Lipinski definition) is 1. The number of piperazine rings is 1. The Morgan fingerprint density at radius 2 is 2.04 bits per heavy atom. The average molecular weight is 383 g/mol. The lowest BCUT2D eigenvalue weighted by molar-refractivity contribution is 0.0400. The molecule has 2 fully saturated rings. The number of piperidine rings is 1. The predicted molar refractivity (Wildman–Crippen MR) is 110 cm³/mol. The van der Waals surface area contributed by atoms with Crippen molar-refractivity contribution in [3.05, 3.63) is 35.5 Å². The number of nitrogens with zero attached hydrogens (tertiary/aromatic N) is 3. The lowest BCUT2D eigenvalue weighted by Gasteiger charge is -2.45. The van der Waals surface area contributed by atoms with Gasteiger partial charge in [0, 0.05) is 67.7 Å². The zero-order chi connectivity index (χ0) is 19.3. The first-order valence-corrected chi connectivity index (χ1v) is 10.5. The number of nitrogens with one attached hydrogen (secondary N) is 1. The molecule has 6 heteroatoms. The molecule has 2 aliphatic heterocycles. The number of ether oxygens (including phenoxy) is 1. The van der Waals surface area contributed by atoms with Crippen molar-refractivity contribution >= 4 is 17.0 Å². The highest BCUT2D eigenvalue weighted by Crippen LogP contribution is 2.44. The minimum absolute atomic E-state index is 0.142. The molecule has 3 atom stereocenters. The molecule has 2 aromatic rings. The molecule has 2 saturated heterocycles. The van der Waals surface area contributed by atoms with Crippen molar-refractivity contribution in [1.29, 1.82) is 0 Å². The molecule has 3 aliphatic rings. The first-order chi connectivity index (χ1) is 13.6. The summed E-state index contributed by atoms with van der Waals surface area (Å²) in [5.41, 5.74) is 4.16. The molecular weight excluding hydrogens is 352 g/mol. The third-order valence-corrected chi connectivity index (χ3v) is 7.02. The highest BCUT2D eigenvalue weighted by atomic mass is 16.6. The van der Waals surface area contributed by atoms with Gasteiger partial charge < -0.3 is 24.4 Å². The zero-order valence-electron chi connectivity index (χ0n) is 16.9. The SMILES string of the molecule is CN1CCN(C(=O)OC[C@@H]2CC3c4cccc5[nH]cc(c45)C[C@H]3N(C)C2)CC1. The lowest BCUT2D eigenvalue weighted by Crippen LogP contribution is -2.50. The molecule has 1 aromatic carbocycles. The van der Waals surface area contributed by atoms with Crippen LogP contribution in [0.1, 0.15) is 23.5 Å². The summed E-state index contributed by atoms with van der Waals surface area (Å²) >= 11 is 0. The molecule has 0 bridgehead atoms. The van der Waals surface area contributed by atoms with Crippen LogP contribution < -0.4 is 0 Å². The Morgan fingerprint density at radius 1 is 1.21 bits per heavy atom. The molecule has 1 unspecified atom stereocenters. The van der Waals surface area contributed by atoms with Crippen LogP contribution >= 0.6 is 0 Å². The highest BCUT2D eigenvalue weighted by Gasteiger charge is 2.39. The molecule has 1 aromatic heterocycles. The van der Waals surface area contributed by atoms with Crippen LogP contribution in [0.3, 0.4) is 0 Å². The molecule has 1 amide bonds. The minimum atomic E-state index is -0.142. The summed E-state index contributed by atoms with van der Waals surface area (Å²) in [6.07, 6.45) is 4.24. The van der Waals surface area contributed by atoms with Gasteiger partial charge in [-0.25, -0.2) is 4.79 Å². The predicted octanol–water partition coefficient (Wildman–Crippen LogP) is 2.51. The molecule has 28 heavy (non-hydrogen) atoms. The average Bonchev–Trinajstić information content (AvgIpc) is 3.12. The number of fused-ring (bicyclic) bond motifs is 2. The Kier molecular flexibility index (Phi) is 4.56. The molecule has 1 aliphatic carbocycles. The fourth-order valence-corrected chi connectivity index (χ4v) is 5.44. The largest absolute Gasteiger partial charge is 0.449 e. The number of aromatic nitrogens is 1. The number of carbonyl (C=O) groups excluding carboxylic acids is 1. The van der Waals surface area contributed by atoms with Gasteiger partial charge in [0.1, 0.15) is 0 Å². The monoisotopic (exact) mass is 382 g/mol. The van der Waals surface area contributed by atoms with Crippen LogP contribution in [0.25, 0.3) is 10.9 Å². The van der Waals surface area contributed by atoms with Gasteiger partial charge in [0.05, 0.1) is 6.61 Å². The van der Waals surface area contributed by atoms with E-state index in [4.69, 9.17) is 4.74 Å². The first kappa shape index (κ1) is 18.0. The van der Waals surface area contributed by atoms with Crippen LogP contribution in [0.15, 0.2) is 24.4 Å². The number of H-pyrrole nitrogens is 1. The van der Waals surface area contributed by atoms with Crippen molar-refractivity contribution < 1.29 is 9.53 Å². The second-order valence-electron chi connectivity index (χ2n) is 8.87. The van der Waals surface area contributed by atoms with Crippen LogP contribution in [0.2, 0.25) is 0 Å². The lowest BCUT2D eigenvalue weighted by atomic mass is 9.72. The van der Waals surface area contributed by atoms with Gasteiger partial charge in [-0.15, -0.1) is 0 Å². The van der Waals surface area contributed by atoms with E-state index in [1.165, 1.54) is 22.0 Å². The first-order valence-electron chi connectivity index (χ1n) is 10.5. The van der Waals surface area contributed by atoms with Crippen molar-refractivity contribution in [2.24, 2.45) is 5.92 Å². The molecule has 5 rings (SSSR count). The van der Waals surface area contributed by atoms with Crippen LogP contribution in [0, 0.1) is 5.92 Å². The Morgan fingerprint density at radius 3 is 2.86 bits per heavy atom. The summed E-state index contributed by atoms with van der Waals surface area (Å²) in [5.74, 6) is 0.900. The van der Waals surface area contributed by atoms with Gasteiger partial charge in [0.2, 0.25) is 0 Å². The molecule has 3 heterocycles. The summed E-state index contributed by atoms with van der Waals surface area (Å²) < 4.78 is 5.75. The number of aromatic amines is 1. The Bertz CT molecular complexity index is 871. The fraction of sp³-hybridized carbons (Fsp3) is 0.591. The van der Waals surface area contributed by atoms with Gasteiger partial charge in [-0.05, 0) is 44.1 Å². The summed E-state index contributed by atoms with van der Waals surface area (Å²) in [4.78, 5) is 22.5.